The molecule has 0 fully saturated rings. The number of hydrogen-bond acceptors (Lipinski definition) is 4. The van der Waals surface area contributed by atoms with Crippen molar-refractivity contribution in [3.05, 3.63) is 53.2 Å². The molecule has 7 nitrogen and oxygen atoms in total. The molecule has 1 aromatic heterocycles. The van der Waals surface area contributed by atoms with Crippen LogP contribution >= 0.6 is 11.6 Å². The summed E-state index contributed by atoms with van der Waals surface area (Å²) in [4.78, 5) is 12.3. The van der Waals surface area contributed by atoms with E-state index in [-0.39, 0.29) is 17.2 Å². The lowest BCUT2D eigenvalue weighted by atomic mass is 10.1. The van der Waals surface area contributed by atoms with Gasteiger partial charge in [0.1, 0.15) is 0 Å². The minimum Gasteiger partial charge on any atom is -0.326 e. The zero-order valence-corrected chi connectivity index (χ0v) is 16.2. The number of carbonyl (C=O) groups is 1. The number of aryl methyl sites for hydroxylation is 1. The van der Waals surface area contributed by atoms with Gasteiger partial charge in [-0.1, -0.05) is 36.7 Å². The molecule has 2 aromatic carbocycles. The lowest BCUT2D eigenvalue weighted by Gasteiger charge is -2.08. The first-order valence-corrected chi connectivity index (χ1v) is 10.3. The monoisotopic (exact) mass is 406 g/mol. The molecule has 9 heteroatoms. The number of anilines is 1. The predicted octanol–water partition coefficient (Wildman–Crippen LogP) is 2.93. The van der Waals surface area contributed by atoms with Gasteiger partial charge < -0.3 is 5.32 Å². The highest BCUT2D eigenvalue weighted by atomic mass is 35.5. The predicted molar refractivity (Wildman–Crippen MR) is 105 cm³/mol. The lowest BCUT2D eigenvalue weighted by Crippen LogP contribution is -2.16. The standard InChI is InChI=1S/C18H19ClN4O3S/c1-2-7-23-11-14-16(22-23)9-13(10-17(14)27(20,25)26)21-18(24)8-12-5-3-4-6-15(12)19/h3-6,9-11H,2,7-8H2,1H3,(H,21,24)(H2,20,25,26). The SMILES string of the molecule is CCCn1cc2c(S(N)(=O)=O)cc(NC(=O)Cc3ccccc3Cl)cc2n1. The number of rotatable bonds is 6. The van der Waals surface area contributed by atoms with Crippen molar-refractivity contribution in [3.63, 3.8) is 0 Å². The molecule has 0 atom stereocenters. The molecule has 0 bridgehead atoms. The van der Waals surface area contributed by atoms with Crippen molar-refractivity contribution in [3.8, 4) is 0 Å². The fourth-order valence-corrected chi connectivity index (χ4v) is 3.77. The number of primary sulfonamides is 1. The van der Waals surface area contributed by atoms with Crippen LogP contribution in [0.4, 0.5) is 5.69 Å². The summed E-state index contributed by atoms with van der Waals surface area (Å²) in [5.74, 6) is -0.323. The van der Waals surface area contributed by atoms with E-state index in [4.69, 9.17) is 16.7 Å². The molecule has 27 heavy (non-hydrogen) atoms. The van der Waals surface area contributed by atoms with Gasteiger partial charge in [-0.15, -0.1) is 0 Å². The van der Waals surface area contributed by atoms with Gasteiger partial charge in [0.15, 0.2) is 0 Å². The van der Waals surface area contributed by atoms with E-state index in [1.54, 1.807) is 41.2 Å². The van der Waals surface area contributed by atoms with Crippen molar-refractivity contribution in [1.82, 2.24) is 9.78 Å². The summed E-state index contributed by atoms with van der Waals surface area (Å²) >= 11 is 6.08. The number of hydrogen-bond donors (Lipinski definition) is 2. The number of nitrogens with one attached hydrogen (secondary N) is 1. The zero-order chi connectivity index (χ0) is 19.6. The Balaban J connectivity index is 1.94. The summed E-state index contributed by atoms with van der Waals surface area (Å²) in [7, 11) is -3.98. The highest BCUT2D eigenvalue weighted by Crippen LogP contribution is 2.26. The molecule has 3 N–H and O–H groups in total. The second-order valence-corrected chi connectivity index (χ2v) is 8.10. The number of carbonyl (C=O) groups excluding carboxylic acids is 1. The molecule has 0 saturated carbocycles. The van der Waals surface area contributed by atoms with E-state index < -0.39 is 10.0 Å². The third kappa shape index (κ3) is 4.47. The number of amides is 1. The molecule has 0 spiro atoms. The zero-order valence-electron chi connectivity index (χ0n) is 14.6. The summed E-state index contributed by atoms with van der Waals surface area (Å²) in [6, 6.07) is 10.0. The van der Waals surface area contributed by atoms with E-state index in [1.807, 2.05) is 6.92 Å². The van der Waals surface area contributed by atoms with E-state index in [1.165, 1.54) is 6.07 Å². The van der Waals surface area contributed by atoms with Crippen molar-refractivity contribution < 1.29 is 13.2 Å². The highest BCUT2D eigenvalue weighted by molar-refractivity contribution is 7.89. The van der Waals surface area contributed by atoms with Crippen LogP contribution in [0.25, 0.3) is 10.9 Å². The quantitative estimate of drug-likeness (QED) is 0.656. The maximum Gasteiger partial charge on any atom is 0.238 e. The van der Waals surface area contributed by atoms with E-state index in [0.29, 0.717) is 33.7 Å². The molecule has 0 unspecified atom stereocenters. The maximum absolute atomic E-state index is 12.4. The minimum absolute atomic E-state index is 0.0622. The van der Waals surface area contributed by atoms with Crippen molar-refractivity contribution in [2.75, 3.05) is 5.32 Å². The van der Waals surface area contributed by atoms with E-state index in [9.17, 15) is 13.2 Å². The number of sulfonamides is 1. The summed E-state index contributed by atoms with van der Waals surface area (Å²) in [6.07, 6.45) is 2.56. The Kier molecular flexibility index (Phi) is 5.50. The largest absolute Gasteiger partial charge is 0.326 e. The van der Waals surface area contributed by atoms with Gasteiger partial charge in [0.2, 0.25) is 15.9 Å². The van der Waals surface area contributed by atoms with Crippen LogP contribution in [0, 0.1) is 0 Å². The third-order valence-electron chi connectivity index (χ3n) is 3.99. The van der Waals surface area contributed by atoms with Gasteiger partial charge in [-0.05, 0) is 30.2 Å². The Morgan fingerprint density at radius 2 is 2.04 bits per heavy atom. The molecule has 0 saturated heterocycles. The van der Waals surface area contributed by atoms with Crippen molar-refractivity contribution in [2.24, 2.45) is 5.14 Å². The van der Waals surface area contributed by atoms with Crippen molar-refractivity contribution in [2.45, 2.75) is 31.2 Å². The number of benzene rings is 2. The number of fused-ring (bicyclic) bond motifs is 1. The van der Waals surface area contributed by atoms with E-state index in [0.717, 1.165) is 6.42 Å². The van der Waals surface area contributed by atoms with Gasteiger partial charge in [-0.25, -0.2) is 13.6 Å². The molecule has 0 aliphatic heterocycles. The highest BCUT2D eigenvalue weighted by Gasteiger charge is 2.18. The van der Waals surface area contributed by atoms with E-state index in [2.05, 4.69) is 10.4 Å². The maximum atomic E-state index is 12.4. The average Bonchev–Trinajstić information content (AvgIpc) is 2.98. The van der Waals surface area contributed by atoms with Crippen molar-refractivity contribution >= 4 is 44.1 Å². The molecule has 0 aliphatic rings. The van der Waals surface area contributed by atoms with Crippen LogP contribution in [0.15, 0.2) is 47.5 Å². The van der Waals surface area contributed by atoms with Crippen LogP contribution in [0.1, 0.15) is 18.9 Å². The number of nitrogens with two attached hydrogens (primary N) is 1. The van der Waals surface area contributed by atoms with Gasteiger partial charge in [0, 0.05) is 28.8 Å². The Bertz CT molecular complexity index is 1110. The summed E-state index contributed by atoms with van der Waals surface area (Å²) in [5.41, 5.74) is 1.44. The number of aromatic nitrogens is 2. The van der Waals surface area contributed by atoms with Crippen molar-refractivity contribution in [1.29, 1.82) is 0 Å². The van der Waals surface area contributed by atoms with Gasteiger partial charge in [-0.2, -0.15) is 5.10 Å². The molecule has 1 amide bonds. The van der Waals surface area contributed by atoms with Gasteiger partial charge in [0.25, 0.3) is 0 Å². The summed E-state index contributed by atoms with van der Waals surface area (Å²) in [6.45, 7) is 2.64. The van der Waals surface area contributed by atoms with Gasteiger partial charge in [0.05, 0.1) is 16.8 Å². The third-order valence-corrected chi connectivity index (χ3v) is 5.31. The Hall–Kier alpha value is -2.42. The summed E-state index contributed by atoms with van der Waals surface area (Å²) < 4.78 is 25.7. The molecule has 3 aromatic rings. The topological polar surface area (TPSA) is 107 Å². The second kappa shape index (κ2) is 7.67. The lowest BCUT2D eigenvalue weighted by molar-refractivity contribution is -0.115. The first-order chi connectivity index (χ1) is 12.8. The Morgan fingerprint density at radius 3 is 2.70 bits per heavy atom. The van der Waals surface area contributed by atoms with Crippen LogP contribution in [0.5, 0.6) is 0 Å². The first kappa shape index (κ1) is 19.3. The Morgan fingerprint density at radius 1 is 1.30 bits per heavy atom. The number of nitrogens with zero attached hydrogens (tertiary/aromatic N) is 2. The van der Waals surface area contributed by atoms with Crippen LogP contribution in [0.3, 0.4) is 0 Å². The molecule has 0 aliphatic carbocycles. The molecular formula is C18H19ClN4O3S. The van der Waals surface area contributed by atoms with Crippen LogP contribution in [-0.2, 0) is 27.8 Å². The molecule has 3 rings (SSSR count). The van der Waals surface area contributed by atoms with Gasteiger partial charge >= 0.3 is 0 Å². The molecule has 1 heterocycles. The molecule has 142 valence electrons. The Labute approximate surface area is 162 Å². The smallest absolute Gasteiger partial charge is 0.238 e. The minimum atomic E-state index is -3.98. The van der Waals surface area contributed by atoms with Crippen LogP contribution in [-0.4, -0.2) is 24.1 Å². The van der Waals surface area contributed by atoms with E-state index >= 15 is 0 Å². The van der Waals surface area contributed by atoms with Crippen LogP contribution < -0.4 is 10.5 Å². The van der Waals surface area contributed by atoms with Crippen LogP contribution in [0.2, 0.25) is 5.02 Å². The fraction of sp³-hybridized carbons (Fsp3) is 0.222. The summed E-state index contributed by atoms with van der Waals surface area (Å²) in [5, 5.41) is 13.3. The average molecular weight is 407 g/mol. The fourth-order valence-electron chi connectivity index (χ4n) is 2.81. The second-order valence-electron chi connectivity index (χ2n) is 6.16. The first-order valence-electron chi connectivity index (χ1n) is 8.35. The molecular weight excluding hydrogens is 388 g/mol. The molecule has 0 radical (unpaired) electrons. The normalized spacial score (nSPS) is 11.7. The van der Waals surface area contributed by atoms with Gasteiger partial charge in [-0.3, -0.25) is 9.48 Å². The number of halogens is 1.